The number of hydrogen-bond acceptors (Lipinski definition) is 7. The summed E-state index contributed by atoms with van der Waals surface area (Å²) in [6.45, 7) is 1.99. The Morgan fingerprint density at radius 2 is 1.55 bits per heavy atom. The Hall–Kier alpha value is -3.37. The number of rotatable bonds is 10. The van der Waals surface area contributed by atoms with E-state index in [0.717, 1.165) is 24.0 Å². The van der Waals surface area contributed by atoms with Crippen molar-refractivity contribution in [1.82, 2.24) is 0 Å². The van der Waals surface area contributed by atoms with Gasteiger partial charge < -0.3 is 40.8 Å². The monoisotopic (exact) mass is 575 g/mol. The van der Waals surface area contributed by atoms with Gasteiger partial charge in [-0.3, -0.25) is 0 Å². The topological polar surface area (TPSA) is 158 Å². The first-order valence-electron chi connectivity index (χ1n) is 14.5. The Morgan fingerprint density at radius 1 is 0.929 bits per heavy atom. The van der Waals surface area contributed by atoms with Crippen molar-refractivity contribution in [1.29, 1.82) is 0 Å². The molecule has 8 heteroatoms. The molecule has 5 rings (SSSR count). The lowest BCUT2D eigenvalue weighted by Crippen LogP contribution is -2.83. The number of hydrogen-bond donors (Lipinski definition) is 6. The Bertz CT molecular complexity index is 1390. The second-order valence-corrected chi connectivity index (χ2v) is 11.3. The standard InChI is InChI=1S/C26H22O3.C8H19NO4/c27-24-23-8-4-3-7-21(23)16-26(24,15-17-9-11-18(12-10-17)25(28)29)22-13-19-5-1-2-6-20(19)14-22;1-3-5(10)7(12)8(13)6(11)4-9-2/h1-13,24,27H,14-16H2,(H,28,29);5-13H,3-4H2,1-2H3/t24-,26+;5-,6+,7-,8-/m11/s1. The molecule has 0 aromatic heterocycles. The predicted octanol–water partition coefficient (Wildman–Crippen LogP) is 0.542. The number of aromatic carboxylic acids is 1. The van der Waals surface area contributed by atoms with Crippen LogP contribution in [0.2, 0.25) is 0 Å². The maximum Gasteiger partial charge on any atom is 0.131 e. The van der Waals surface area contributed by atoms with Gasteiger partial charge in [-0.2, -0.15) is 0 Å². The Morgan fingerprint density at radius 3 is 2.14 bits per heavy atom. The van der Waals surface area contributed by atoms with Crippen molar-refractivity contribution in [3.05, 3.63) is 112 Å². The number of carboxylic acid groups (broad SMARTS) is 1. The lowest BCUT2D eigenvalue weighted by Gasteiger charge is -2.35. The lowest BCUT2D eigenvalue weighted by molar-refractivity contribution is -0.635. The third-order valence-electron chi connectivity index (χ3n) is 8.53. The summed E-state index contributed by atoms with van der Waals surface area (Å²) < 4.78 is 0. The summed E-state index contributed by atoms with van der Waals surface area (Å²) in [5, 5.41) is 61.4. The molecule has 7 N–H and O–H groups in total. The van der Waals surface area contributed by atoms with Gasteiger partial charge >= 0.3 is 0 Å². The van der Waals surface area contributed by atoms with Crippen molar-refractivity contribution in [2.24, 2.45) is 5.41 Å². The predicted molar refractivity (Wildman–Crippen MR) is 157 cm³/mol. The first kappa shape index (κ1) is 31.6. The van der Waals surface area contributed by atoms with Crippen molar-refractivity contribution < 1.29 is 40.8 Å². The number of carbonyl (C=O) groups excluding carboxylic acids is 1. The van der Waals surface area contributed by atoms with Crippen LogP contribution >= 0.6 is 0 Å². The third-order valence-corrected chi connectivity index (χ3v) is 8.53. The van der Waals surface area contributed by atoms with Crippen LogP contribution in [0.5, 0.6) is 0 Å². The van der Waals surface area contributed by atoms with Crippen LogP contribution in [-0.2, 0) is 19.3 Å². The Labute approximate surface area is 246 Å². The largest absolute Gasteiger partial charge is 0.545 e. The zero-order chi connectivity index (χ0) is 30.4. The van der Waals surface area contributed by atoms with E-state index in [9.17, 15) is 35.4 Å². The summed E-state index contributed by atoms with van der Waals surface area (Å²) in [5.41, 5.74) is 6.68. The molecule has 3 aromatic carbocycles. The van der Waals surface area contributed by atoms with Gasteiger partial charge in [0, 0.05) is 5.41 Å². The van der Waals surface area contributed by atoms with Crippen LogP contribution in [0.1, 0.15) is 57.6 Å². The van der Waals surface area contributed by atoms with E-state index in [2.05, 4.69) is 30.3 Å². The molecule has 2 aliphatic rings. The van der Waals surface area contributed by atoms with Gasteiger partial charge in [0.25, 0.3) is 0 Å². The Balaban J connectivity index is 0.000000266. The van der Waals surface area contributed by atoms with Crippen molar-refractivity contribution >= 4 is 12.0 Å². The van der Waals surface area contributed by atoms with Crippen LogP contribution < -0.4 is 10.4 Å². The maximum atomic E-state index is 11.5. The fourth-order valence-electron chi connectivity index (χ4n) is 6.06. The first-order valence-corrected chi connectivity index (χ1v) is 14.5. The number of benzene rings is 3. The molecule has 6 atom stereocenters. The average molecular weight is 576 g/mol. The molecule has 224 valence electrons. The minimum Gasteiger partial charge on any atom is -0.545 e. The Kier molecular flexibility index (Phi) is 10.3. The lowest BCUT2D eigenvalue weighted by atomic mass is 9.70. The second kappa shape index (κ2) is 13.7. The van der Waals surface area contributed by atoms with E-state index in [1.807, 2.05) is 36.4 Å². The third kappa shape index (κ3) is 6.65. The molecule has 0 radical (unpaired) electrons. The van der Waals surface area contributed by atoms with Gasteiger partial charge in [0.05, 0.1) is 25.2 Å². The van der Waals surface area contributed by atoms with Gasteiger partial charge in [-0.05, 0) is 59.1 Å². The summed E-state index contributed by atoms with van der Waals surface area (Å²) in [6.07, 6.45) is -0.324. The van der Waals surface area contributed by atoms with E-state index in [-0.39, 0.29) is 5.56 Å². The molecule has 0 amide bonds. The fourth-order valence-corrected chi connectivity index (χ4v) is 6.06. The normalized spacial score (nSPS) is 21.7. The summed E-state index contributed by atoms with van der Waals surface area (Å²) in [4.78, 5) is 11.1. The molecule has 0 unspecified atom stereocenters. The number of carbonyl (C=O) groups is 1. The van der Waals surface area contributed by atoms with E-state index in [1.54, 1.807) is 31.4 Å². The molecule has 8 nitrogen and oxygen atoms in total. The second-order valence-electron chi connectivity index (χ2n) is 11.3. The smallest absolute Gasteiger partial charge is 0.131 e. The van der Waals surface area contributed by atoms with Gasteiger partial charge in [0.1, 0.15) is 24.9 Å². The van der Waals surface area contributed by atoms with Crippen LogP contribution in [0, 0.1) is 5.41 Å². The zero-order valence-electron chi connectivity index (χ0n) is 24.1. The number of fused-ring (bicyclic) bond motifs is 2. The van der Waals surface area contributed by atoms with E-state index in [1.165, 1.54) is 22.3 Å². The zero-order valence-corrected chi connectivity index (χ0v) is 24.1. The molecular formula is C34H41NO7. The number of aliphatic hydroxyl groups is 5. The number of nitrogens with two attached hydrogens (primary N) is 1. The van der Waals surface area contributed by atoms with Gasteiger partial charge in [-0.15, -0.1) is 0 Å². The van der Waals surface area contributed by atoms with Crippen LogP contribution in [0.4, 0.5) is 0 Å². The highest BCUT2D eigenvalue weighted by Crippen LogP contribution is 2.54. The van der Waals surface area contributed by atoms with Crippen molar-refractivity contribution in [2.45, 2.75) is 63.1 Å². The van der Waals surface area contributed by atoms with E-state index in [0.29, 0.717) is 19.4 Å². The number of aliphatic hydroxyl groups excluding tert-OH is 5. The molecule has 0 bridgehead atoms. The average Bonchev–Trinajstić information content (AvgIpc) is 3.56. The van der Waals surface area contributed by atoms with Gasteiger partial charge in [0.15, 0.2) is 0 Å². The summed E-state index contributed by atoms with van der Waals surface area (Å²) >= 11 is 0. The molecule has 2 aliphatic carbocycles. The highest BCUT2D eigenvalue weighted by Gasteiger charge is 2.48. The van der Waals surface area contributed by atoms with Gasteiger partial charge in [-0.25, -0.2) is 0 Å². The van der Waals surface area contributed by atoms with E-state index < -0.39 is 41.9 Å². The van der Waals surface area contributed by atoms with Crippen LogP contribution in [0.25, 0.3) is 6.08 Å². The highest BCUT2D eigenvalue weighted by molar-refractivity contribution is 5.85. The molecule has 0 saturated carbocycles. The van der Waals surface area contributed by atoms with Crippen LogP contribution in [0.3, 0.4) is 0 Å². The van der Waals surface area contributed by atoms with Crippen molar-refractivity contribution in [2.75, 3.05) is 13.6 Å². The molecule has 0 heterocycles. The number of likely N-dealkylation sites (N-methyl/N-ethyl adjacent to an activating group) is 1. The molecule has 0 spiro atoms. The molecule has 42 heavy (non-hydrogen) atoms. The minimum atomic E-state index is -1.29. The van der Waals surface area contributed by atoms with Gasteiger partial charge in [0.2, 0.25) is 0 Å². The quantitative estimate of drug-likeness (QED) is 0.206. The minimum absolute atomic E-state index is 0.172. The maximum absolute atomic E-state index is 11.5. The van der Waals surface area contributed by atoms with E-state index in [4.69, 9.17) is 0 Å². The fraction of sp³-hybridized carbons (Fsp3) is 0.382. The molecule has 3 aromatic rings. The van der Waals surface area contributed by atoms with Crippen molar-refractivity contribution in [3.8, 4) is 0 Å². The summed E-state index contributed by atoms with van der Waals surface area (Å²) in [6, 6.07) is 23.3. The van der Waals surface area contributed by atoms with Gasteiger partial charge in [-0.1, -0.05) is 91.4 Å². The molecule has 0 saturated heterocycles. The number of carboxylic acids is 1. The van der Waals surface area contributed by atoms with Crippen molar-refractivity contribution in [3.63, 3.8) is 0 Å². The summed E-state index contributed by atoms with van der Waals surface area (Å²) in [5.74, 6) is -1.17. The number of quaternary nitrogens is 1. The van der Waals surface area contributed by atoms with Crippen LogP contribution in [0.15, 0.2) is 78.4 Å². The molecular weight excluding hydrogens is 534 g/mol. The summed E-state index contributed by atoms with van der Waals surface area (Å²) in [7, 11) is 1.75. The SMILES string of the molecule is CC[C@@H](O)[C@@H](O)[C@H](O)[C@@H](O)C[NH2+]C.O=C([O-])c1ccc(C[C@@]2(C3=Cc4ccccc4C3)Cc3ccccc3[C@H]2O)cc1. The molecule has 0 aliphatic heterocycles. The molecule has 0 fully saturated rings. The van der Waals surface area contributed by atoms with E-state index >= 15 is 0 Å². The van der Waals surface area contributed by atoms with Crippen LogP contribution in [-0.4, -0.2) is 69.5 Å². The first-order chi connectivity index (χ1) is 20.1. The highest BCUT2D eigenvalue weighted by atomic mass is 16.4.